The van der Waals surface area contributed by atoms with Gasteiger partial charge in [0.1, 0.15) is 5.25 Å². The van der Waals surface area contributed by atoms with E-state index in [1.807, 2.05) is 0 Å². The maximum Gasteiger partial charge on any atom is 0.335 e. The third-order valence-corrected chi connectivity index (χ3v) is 5.33. The number of hydrogen-bond donors (Lipinski definition) is 2. The fraction of sp³-hybridized carbons (Fsp3) is 0.429. The Morgan fingerprint density at radius 2 is 1.90 bits per heavy atom. The second-order valence-electron chi connectivity index (χ2n) is 4.56. The van der Waals surface area contributed by atoms with E-state index in [-0.39, 0.29) is 10.5 Å². The van der Waals surface area contributed by atoms with Gasteiger partial charge in [-0.2, -0.15) is 0 Å². The molecule has 1 aromatic carbocycles. The third kappa shape index (κ3) is 3.60. The average Bonchev–Trinajstić information content (AvgIpc) is 2.45. The largest absolute Gasteiger partial charge is 0.478 e. The molecule has 0 heterocycles. The second-order valence-corrected chi connectivity index (χ2v) is 6.80. The summed E-state index contributed by atoms with van der Waals surface area (Å²) in [6.45, 7) is 5.09. The predicted molar refractivity (Wildman–Crippen MR) is 78.1 cm³/mol. The summed E-state index contributed by atoms with van der Waals surface area (Å²) >= 11 is 0. The van der Waals surface area contributed by atoms with Crippen LogP contribution in [0.25, 0.3) is 0 Å². The number of carboxylic acids is 1. The minimum Gasteiger partial charge on any atom is -0.478 e. The highest BCUT2D eigenvalue weighted by atomic mass is 32.2. The SMILES string of the molecule is CCNC(=O)C(C)S(=O)(=O)c1cc(C(=O)O)ccc1CC. The molecule has 1 rings (SSSR count). The lowest BCUT2D eigenvalue weighted by Gasteiger charge is -2.15. The molecule has 0 aliphatic rings. The number of carboxylic acid groups (broad SMARTS) is 1. The van der Waals surface area contributed by atoms with E-state index in [0.29, 0.717) is 18.5 Å². The van der Waals surface area contributed by atoms with Crippen LogP contribution in [0.2, 0.25) is 0 Å². The average molecular weight is 313 g/mol. The molecule has 21 heavy (non-hydrogen) atoms. The molecule has 0 aromatic heterocycles. The van der Waals surface area contributed by atoms with Gasteiger partial charge in [-0.05, 0) is 38.0 Å². The molecule has 0 aliphatic carbocycles. The molecule has 0 spiro atoms. The quantitative estimate of drug-likeness (QED) is 0.823. The number of nitrogens with one attached hydrogen (secondary N) is 1. The Balaban J connectivity index is 3.38. The van der Waals surface area contributed by atoms with E-state index in [4.69, 9.17) is 5.11 Å². The number of amides is 1. The normalized spacial score (nSPS) is 12.7. The van der Waals surface area contributed by atoms with Crippen molar-refractivity contribution in [2.24, 2.45) is 0 Å². The van der Waals surface area contributed by atoms with Crippen molar-refractivity contribution in [3.8, 4) is 0 Å². The maximum absolute atomic E-state index is 12.5. The standard InChI is InChI=1S/C14H19NO5S/c1-4-10-6-7-11(14(17)18)8-12(10)21(19,20)9(3)13(16)15-5-2/h6-9H,4-5H2,1-3H3,(H,15,16)(H,17,18). The molecule has 0 aliphatic heterocycles. The molecule has 2 N–H and O–H groups in total. The van der Waals surface area contributed by atoms with E-state index in [9.17, 15) is 18.0 Å². The van der Waals surface area contributed by atoms with Crippen LogP contribution >= 0.6 is 0 Å². The molecule has 7 heteroatoms. The number of rotatable bonds is 6. The maximum atomic E-state index is 12.5. The fourth-order valence-corrected chi connectivity index (χ4v) is 3.51. The van der Waals surface area contributed by atoms with Crippen LogP contribution in [-0.2, 0) is 21.1 Å². The van der Waals surface area contributed by atoms with E-state index >= 15 is 0 Å². The summed E-state index contributed by atoms with van der Waals surface area (Å²) in [4.78, 5) is 22.7. The summed E-state index contributed by atoms with van der Waals surface area (Å²) in [7, 11) is -3.93. The molecular weight excluding hydrogens is 294 g/mol. The van der Waals surface area contributed by atoms with Crippen molar-refractivity contribution in [1.29, 1.82) is 0 Å². The van der Waals surface area contributed by atoms with Gasteiger partial charge in [-0.15, -0.1) is 0 Å². The third-order valence-electron chi connectivity index (χ3n) is 3.19. The van der Waals surface area contributed by atoms with E-state index in [2.05, 4.69) is 5.32 Å². The Kier molecular flexibility index (Phi) is 5.48. The monoisotopic (exact) mass is 313 g/mol. The van der Waals surface area contributed by atoms with Crippen molar-refractivity contribution in [1.82, 2.24) is 5.32 Å². The van der Waals surface area contributed by atoms with Crippen LogP contribution < -0.4 is 5.32 Å². The highest BCUT2D eigenvalue weighted by Crippen LogP contribution is 2.23. The number of aromatic carboxylic acids is 1. The minimum atomic E-state index is -3.93. The summed E-state index contributed by atoms with van der Waals surface area (Å²) in [5.41, 5.74) is 0.380. The zero-order chi connectivity index (χ0) is 16.2. The fourth-order valence-electron chi connectivity index (χ4n) is 1.89. The molecule has 0 saturated heterocycles. The van der Waals surface area contributed by atoms with Crippen LogP contribution in [0.3, 0.4) is 0 Å². The van der Waals surface area contributed by atoms with Gasteiger partial charge in [0.25, 0.3) is 0 Å². The first-order valence-electron chi connectivity index (χ1n) is 6.63. The van der Waals surface area contributed by atoms with Gasteiger partial charge in [0.2, 0.25) is 5.91 Å². The molecule has 0 saturated carbocycles. The predicted octanol–water partition coefficient (Wildman–Crippen LogP) is 1.25. The van der Waals surface area contributed by atoms with Gasteiger partial charge < -0.3 is 10.4 Å². The van der Waals surface area contributed by atoms with Crippen LogP contribution in [0.1, 0.15) is 36.7 Å². The Morgan fingerprint density at radius 1 is 1.29 bits per heavy atom. The van der Waals surface area contributed by atoms with E-state index in [1.165, 1.54) is 19.1 Å². The van der Waals surface area contributed by atoms with Crippen molar-refractivity contribution in [2.45, 2.75) is 37.3 Å². The number of aryl methyl sites for hydroxylation is 1. The molecule has 116 valence electrons. The topological polar surface area (TPSA) is 101 Å². The molecule has 0 radical (unpaired) electrons. The van der Waals surface area contributed by atoms with Crippen molar-refractivity contribution >= 4 is 21.7 Å². The Morgan fingerprint density at radius 3 is 2.38 bits per heavy atom. The Labute approximate surface area is 124 Å². The first-order valence-corrected chi connectivity index (χ1v) is 8.18. The van der Waals surface area contributed by atoms with E-state index in [0.717, 1.165) is 6.07 Å². The summed E-state index contributed by atoms with van der Waals surface area (Å²) in [5, 5.41) is 10.2. The summed E-state index contributed by atoms with van der Waals surface area (Å²) < 4.78 is 25.1. The smallest absolute Gasteiger partial charge is 0.335 e. The molecule has 0 bridgehead atoms. The lowest BCUT2D eigenvalue weighted by atomic mass is 10.1. The molecule has 1 amide bonds. The number of sulfone groups is 1. The summed E-state index contributed by atoms with van der Waals surface area (Å²) in [6.07, 6.45) is 0.427. The second kappa shape index (κ2) is 6.71. The first kappa shape index (κ1) is 17.2. The number of carbonyl (C=O) groups is 2. The zero-order valence-corrected chi connectivity index (χ0v) is 13.0. The van der Waals surface area contributed by atoms with Crippen LogP contribution in [0.4, 0.5) is 0 Å². The molecule has 1 atom stereocenters. The summed E-state index contributed by atoms with van der Waals surface area (Å²) in [6, 6.07) is 3.95. The Bertz CT molecular complexity index is 651. The van der Waals surface area contributed by atoms with Crippen molar-refractivity contribution in [3.63, 3.8) is 0 Å². The lowest BCUT2D eigenvalue weighted by molar-refractivity contribution is -0.120. The molecule has 1 unspecified atom stereocenters. The molecular formula is C14H19NO5S. The molecule has 1 aromatic rings. The van der Waals surface area contributed by atoms with Crippen molar-refractivity contribution in [3.05, 3.63) is 29.3 Å². The zero-order valence-electron chi connectivity index (χ0n) is 12.2. The highest BCUT2D eigenvalue weighted by molar-refractivity contribution is 7.92. The minimum absolute atomic E-state index is 0.0938. The highest BCUT2D eigenvalue weighted by Gasteiger charge is 2.31. The number of benzene rings is 1. The van der Waals surface area contributed by atoms with Gasteiger partial charge in [-0.3, -0.25) is 4.79 Å². The van der Waals surface area contributed by atoms with Crippen LogP contribution in [0, 0.1) is 0 Å². The molecule has 6 nitrogen and oxygen atoms in total. The lowest BCUT2D eigenvalue weighted by Crippen LogP contribution is -2.38. The van der Waals surface area contributed by atoms with Gasteiger partial charge in [0.15, 0.2) is 9.84 Å². The Hall–Kier alpha value is -1.89. The van der Waals surface area contributed by atoms with Gasteiger partial charge in [-0.1, -0.05) is 13.0 Å². The molecule has 0 fully saturated rings. The van der Waals surface area contributed by atoms with E-state index < -0.39 is 27.0 Å². The van der Waals surface area contributed by atoms with Gasteiger partial charge in [-0.25, -0.2) is 13.2 Å². The van der Waals surface area contributed by atoms with Gasteiger partial charge in [0, 0.05) is 6.54 Å². The van der Waals surface area contributed by atoms with Crippen molar-refractivity contribution in [2.75, 3.05) is 6.54 Å². The van der Waals surface area contributed by atoms with Gasteiger partial charge >= 0.3 is 5.97 Å². The van der Waals surface area contributed by atoms with Crippen LogP contribution in [0.15, 0.2) is 23.1 Å². The number of carbonyl (C=O) groups excluding carboxylic acids is 1. The first-order chi connectivity index (χ1) is 9.75. The van der Waals surface area contributed by atoms with E-state index in [1.54, 1.807) is 13.8 Å². The van der Waals surface area contributed by atoms with Crippen LogP contribution in [-0.4, -0.2) is 37.2 Å². The van der Waals surface area contributed by atoms with Crippen molar-refractivity contribution < 1.29 is 23.1 Å². The van der Waals surface area contributed by atoms with Gasteiger partial charge in [0.05, 0.1) is 10.5 Å². The summed E-state index contributed by atoms with van der Waals surface area (Å²) in [5.74, 6) is -1.81. The van der Waals surface area contributed by atoms with Crippen LogP contribution in [0.5, 0.6) is 0 Å². The number of hydrogen-bond acceptors (Lipinski definition) is 4.